The number of hydrogen-bond donors (Lipinski definition) is 6. The Hall–Kier alpha value is -0.660. The lowest BCUT2D eigenvalue weighted by molar-refractivity contribution is -0.0525. The monoisotopic (exact) mass is 542 g/mol. The van der Waals surface area contributed by atoms with Gasteiger partial charge in [0.25, 0.3) is 0 Å². The normalized spacial score (nSPS) is 30.3. The van der Waals surface area contributed by atoms with Crippen molar-refractivity contribution in [2.24, 2.45) is 0 Å². The summed E-state index contributed by atoms with van der Waals surface area (Å²) in [4.78, 5) is 38.1. The molecule has 20 heteroatoms. The van der Waals surface area contributed by atoms with E-state index in [-0.39, 0.29) is 9.41 Å². The summed E-state index contributed by atoms with van der Waals surface area (Å²) in [5, 5.41) is 10.2. The molecule has 1 fully saturated rings. The zero-order chi connectivity index (χ0) is 23.8. The van der Waals surface area contributed by atoms with Crippen LogP contribution in [0, 0.1) is 21.8 Å². The zero-order valence-corrected chi connectivity index (χ0v) is 19.1. The van der Waals surface area contributed by atoms with Crippen LogP contribution in [0.2, 0.25) is 0 Å². The van der Waals surface area contributed by atoms with Crippen molar-refractivity contribution in [3.05, 3.63) is 21.7 Å². The molecule has 1 aromatic rings. The van der Waals surface area contributed by atoms with Crippen LogP contribution in [0.4, 0.5) is 4.39 Å². The fourth-order valence-corrected chi connectivity index (χ4v) is 5.91. The second-order valence-corrected chi connectivity index (χ2v) is 11.0. The molecule has 2 rings (SSSR count). The van der Waals surface area contributed by atoms with Crippen molar-refractivity contribution in [2.75, 3.05) is 6.61 Å². The highest BCUT2D eigenvalue weighted by Gasteiger charge is 2.58. The predicted octanol–water partition coefficient (Wildman–Crippen LogP) is 1.22. The third kappa shape index (κ3) is 6.67. The molecule has 1 saturated heterocycles. The Morgan fingerprint density at radius 2 is 1.87 bits per heavy atom. The highest BCUT2D eigenvalue weighted by molar-refractivity contribution is 7.72. The molecule has 1 aliphatic rings. The minimum atomic E-state index is -5.76. The van der Waals surface area contributed by atoms with Crippen LogP contribution in [0.5, 0.6) is 0 Å². The lowest BCUT2D eigenvalue weighted by Crippen LogP contribution is -2.42. The molecular weight excluding hydrogens is 528 g/mol. The zero-order valence-electron chi connectivity index (χ0n) is 14.7. The van der Waals surface area contributed by atoms with E-state index in [4.69, 9.17) is 50.3 Å². The van der Waals surface area contributed by atoms with Crippen molar-refractivity contribution >= 4 is 47.9 Å². The number of aliphatic hydroxyl groups is 1. The molecule has 0 aromatic carbocycles. The number of H-pyrrole nitrogens is 1. The number of alkyl halides is 1. The average Bonchev–Trinajstić information content (AvgIpc) is 2.82. The third-order valence-electron chi connectivity index (χ3n) is 3.59. The van der Waals surface area contributed by atoms with Gasteiger partial charge >= 0.3 is 23.5 Å². The molecule has 0 saturated carbocycles. The van der Waals surface area contributed by atoms with E-state index in [0.29, 0.717) is 0 Å². The minimum Gasteiger partial charge on any atom is -0.386 e. The number of phosphoric ester groups is 1. The van der Waals surface area contributed by atoms with E-state index in [0.717, 1.165) is 4.57 Å². The number of terminal acetylenes is 1. The highest BCUT2D eigenvalue weighted by Crippen LogP contribution is 2.66. The summed E-state index contributed by atoms with van der Waals surface area (Å²) in [5.74, 6) is 1.71. The minimum absolute atomic E-state index is 0.129. The maximum absolute atomic E-state index is 15.3. The van der Waals surface area contributed by atoms with E-state index < -0.39 is 54.2 Å². The molecule has 31 heavy (non-hydrogen) atoms. The number of nitrogens with one attached hydrogen (secondary N) is 1. The van der Waals surface area contributed by atoms with E-state index >= 15 is 4.39 Å². The first-order valence-corrected chi connectivity index (χ1v) is 12.9. The third-order valence-corrected chi connectivity index (χ3v) is 7.94. The molecule has 2 heterocycles. The lowest BCUT2D eigenvalue weighted by Gasteiger charge is -2.24. The standard InChI is InChI=1S/C11H14FN2O12P3S2/c1-2-11(12)8(15)6(24-9(11)14-4-3-7(30)13-10(14)31)5-23-28(19,20)26-29(21,22)25-27(16,17)18/h1,3-4,6,8-9,15H,5H2,(H,19,20)(H,21,22)(H,13,30,31)(H2,16,17,18)/t6-,8?,9-,11-/m1/s1. The van der Waals surface area contributed by atoms with Gasteiger partial charge in [0.05, 0.1) is 6.61 Å². The van der Waals surface area contributed by atoms with Crippen LogP contribution in [0.25, 0.3) is 0 Å². The first-order chi connectivity index (χ1) is 14.0. The van der Waals surface area contributed by atoms with Gasteiger partial charge in [-0.25, -0.2) is 18.1 Å². The first-order valence-electron chi connectivity index (χ1n) is 7.60. The number of aromatic nitrogens is 2. The number of aliphatic hydroxyl groups excluding tert-OH is 1. The molecule has 174 valence electrons. The van der Waals surface area contributed by atoms with E-state index in [1.165, 1.54) is 12.3 Å². The quantitative estimate of drug-likeness (QED) is 0.155. The number of rotatable bonds is 8. The molecule has 0 radical (unpaired) electrons. The van der Waals surface area contributed by atoms with Crippen LogP contribution in [0.15, 0.2) is 12.3 Å². The molecule has 6 N–H and O–H groups in total. The van der Waals surface area contributed by atoms with Gasteiger partial charge in [0, 0.05) is 6.20 Å². The van der Waals surface area contributed by atoms with Crippen molar-refractivity contribution in [3.63, 3.8) is 0 Å². The molecule has 14 nitrogen and oxygen atoms in total. The molecule has 3 unspecified atom stereocenters. The Morgan fingerprint density at radius 1 is 1.26 bits per heavy atom. The molecule has 0 aliphatic carbocycles. The van der Waals surface area contributed by atoms with Gasteiger partial charge in [-0.05, 0) is 18.3 Å². The number of aromatic amines is 1. The number of phosphoric acid groups is 3. The molecular formula is C11H14FN2O12P3S2. The molecule has 0 bridgehead atoms. The summed E-state index contributed by atoms with van der Waals surface area (Å²) in [7, 11) is -16.9. The Morgan fingerprint density at radius 3 is 2.39 bits per heavy atom. The smallest absolute Gasteiger partial charge is 0.386 e. The van der Waals surface area contributed by atoms with Crippen LogP contribution >= 0.6 is 47.9 Å². The first kappa shape index (κ1) is 26.6. The fraction of sp³-hybridized carbons (Fsp3) is 0.455. The number of halogens is 1. The van der Waals surface area contributed by atoms with E-state index in [2.05, 4.69) is 18.1 Å². The van der Waals surface area contributed by atoms with Crippen molar-refractivity contribution in [2.45, 2.75) is 24.1 Å². The molecule has 6 atom stereocenters. The molecule has 1 aromatic heterocycles. The van der Waals surface area contributed by atoms with E-state index in [1.54, 1.807) is 5.92 Å². The summed E-state index contributed by atoms with van der Waals surface area (Å²) in [6.07, 6.45) is 0.801. The summed E-state index contributed by atoms with van der Waals surface area (Å²) < 4.78 is 66.7. The van der Waals surface area contributed by atoms with Gasteiger partial charge in [0.1, 0.15) is 16.8 Å². The summed E-state index contributed by atoms with van der Waals surface area (Å²) in [6, 6.07) is 1.32. The van der Waals surface area contributed by atoms with Gasteiger partial charge < -0.3 is 34.4 Å². The van der Waals surface area contributed by atoms with Crippen LogP contribution in [-0.4, -0.2) is 58.7 Å². The van der Waals surface area contributed by atoms with Crippen molar-refractivity contribution < 1.29 is 60.6 Å². The summed E-state index contributed by atoms with van der Waals surface area (Å²) in [5.41, 5.74) is -2.90. The molecule has 0 spiro atoms. The van der Waals surface area contributed by atoms with Crippen LogP contribution in [-0.2, 0) is 31.6 Å². The van der Waals surface area contributed by atoms with Gasteiger partial charge in [-0.3, -0.25) is 9.09 Å². The van der Waals surface area contributed by atoms with Crippen molar-refractivity contribution in [1.82, 2.24) is 9.55 Å². The highest BCUT2D eigenvalue weighted by atomic mass is 32.1. The number of nitrogens with zero attached hydrogens (tertiary/aromatic N) is 1. The van der Waals surface area contributed by atoms with Gasteiger partial charge in [-0.2, -0.15) is 8.62 Å². The topological polar surface area (TPSA) is 210 Å². The van der Waals surface area contributed by atoms with Crippen LogP contribution < -0.4 is 0 Å². The summed E-state index contributed by atoms with van der Waals surface area (Å²) in [6.45, 7) is -1.12. The van der Waals surface area contributed by atoms with Crippen LogP contribution in [0.3, 0.4) is 0 Å². The van der Waals surface area contributed by atoms with Crippen LogP contribution in [0.1, 0.15) is 6.23 Å². The Kier molecular flexibility index (Phi) is 7.98. The average molecular weight is 542 g/mol. The van der Waals surface area contributed by atoms with Crippen molar-refractivity contribution in [3.8, 4) is 12.3 Å². The SMILES string of the molecule is C#C[C@@]1(F)C(O)[C@@H](COP(=O)(O)OP(=O)(O)OP(=O)(O)O)O[C@H]1n1ccc(=S)[nH]c1=S. The lowest BCUT2D eigenvalue weighted by atomic mass is 9.97. The van der Waals surface area contributed by atoms with Gasteiger partial charge in [-0.1, -0.05) is 18.1 Å². The Labute approximate surface area is 183 Å². The second-order valence-electron chi connectivity index (χ2n) is 5.79. The predicted molar refractivity (Wildman–Crippen MR) is 103 cm³/mol. The van der Waals surface area contributed by atoms with Gasteiger partial charge in [0.15, 0.2) is 11.0 Å². The number of hydrogen-bond acceptors (Lipinski definition) is 10. The van der Waals surface area contributed by atoms with E-state index in [9.17, 15) is 23.7 Å². The Balaban J connectivity index is 2.19. The molecule has 0 amide bonds. The number of ether oxygens (including phenoxy) is 1. The second kappa shape index (κ2) is 9.30. The molecule has 1 aliphatic heterocycles. The van der Waals surface area contributed by atoms with Crippen molar-refractivity contribution in [1.29, 1.82) is 0 Å². The maximum atomic E-state index is 15.3. The largest absolute Gasteiger partial charge is 0.490 e. The van der Waals surface area contributed by atoms with E-state index in [1.807, 2.05) is 0 Å². The summed E-state index contributed by atoms with van der Waals surface area (Å²) >= 11 is 9.87. The maximum Gasteiger partial charge on any atom is 0.490 e. The van der Waals surface area contributed by atoms with Gasteiger partial charge in [0.2, 0.25) is 5.67 Å². The van der Waals surface area contributed by atoms with Gasteiger partial charge in [-0.15, -0.1) is 6.42 Å². The Bertz CT molecular complexity index is 1150. The fourth-order valence-electron chi connectivity index (χ4n) is 2.39.